The molecule has 8 heteroatoms. The van der Waals surface area contributed by atoms with E-state index in [-0.39, 0.29) is 11.9 Å². The van der Waals surface area contributed by atoms with Crippen molar-refractivity contribution in [2.24, 2.45) is 4.99 Å². The third-order valence-electron chi connectivity index (χ3n) is 4.74. The van der Waals surface area contributed by atoms with E-state index in [1.165, 1.54) is 12.1 Å². The Morgan fingerprint density at radius 1 is 1.14 bits per heavy atom. The van der Waals surface area contributed by atoms with Gasteiger partial charge in [0.25, 0.3) is 5.91 Å². The number of halogens is 2. The molecule has 3 rings (SSSR count). The van der Waals surface area contributed by atoms with Gasteiger partial charge in [-0.3, -0.25) is 9.79 Å². The molecule has 154 valence electrons. The summed E-state index contributed by atoms with van der Waals surface area (Å²) in [7, 11) is 1.67. The molecule has 2 aromatic rings. The number of rotatable bonds is 6. The third kappa shape index (κ3) is 5.66. The average Bonchev–Trinajstić information content (AvgIpc) is 3.18. The molecule has 1 aliphatic rings. The fraction of sp³-hybridized carbons (Fsp3) is 0.333. The zero-order chi connectivity index (χ0) is 20.6. The van der Waals surface area contributed by atoms with Crippen molar-refractivity contribution in [2.45, 2.75) is 12.5 Å². The zero-order valence-electron chi connectivity index (χ0n) is 16.3. The van der Waals surface area contributed by atoms with Gasteiger partial charge in [0.1, 0.15) is 11.6 Å². The summed E-state index contributed by atoms with van der Waals surface area (Å²) in [4.78, 5) is 18.1. The number of guanidine groups is 1. The number of nitrogens with one attached hydrogen (secondary N) is 3. The Kier molecular flexibility index (Phi) is 6.99. The maximum absolute atomic E-state index is 14.0. The van der Waals surface area contributed by atoms with Crippen molar-refractivity contribution in [3.63, 3.8) is 0 Å². The largest absolute Gasteiger partial charge is 0.367 e. The van der Waals surface area contributed by atoms with E-state index in [1.807, 2.05) is 23.1 Å². The predicted molar refractivity (Wildman–Crippen MR) is 110 cm³/mol. The van der Waals surface area contributed by atoms with E-state index >= 15 is 0 Å². The summed E-state index contributed by atoms with van der Waals surface area (Å²) in [5, 5.41) is 9.31. The first-order chi connectivity index (χ1) is 14.1. The molecule has 29 heavy (non-hydrogen) atoms. The molecule has 1 atom stereocenters. The van der Waals surface area contributed by atoms with E-state index in [1.54, 1.807) is 19.2 Å². The smallest absolute Gasteiger partial charge is 0.251 e. The van der Waals surface area contributed by atoms with Gasteiger partial charge in [0.15, 0.2) is 5.96 Å². The van der Waals surface area contributed by atoms with Gasteiger partial charge < -0.3 is 20.9 Å². The summed E-state index contributed by atoms with van der Waals surface area (Å²) in [6.45, 7) is 2.23. The lowest BCUT2D eigenvalue weighted by atomic mass is 10.2. The first-order valence-corrected chi connectivity index (χ1v) is 9.57. The highest BCUT2D eigenvalue weighted by Gasteiger charge is 2.25. The highest BCUT2D eigenvalue weighted by molar-refractivity contribution is 5.94. The lowest BCUT2D eigenvalue weighted by molar-refractivity contribution is 0.0954. The number of aliphatic imine (C=N–C) groups is 1. The Balaban J connectivity index is 1.42. The number of hydrogen-bond donors (Lipinski definition) is 3. The monoisotopic (exact) mass is 401 g/mol. The van der Waals surface area contributed by atoms with Crippen LogP contribution in [-0.2, 0) is 0 Å². The maximum Gasteiger partial charge on any atom is 0.251 e. The maximum atomic E-state index is 14.0. The van der Waals surface area contributed by atoms with Crippen LogP contribution in [0, 0.1) is 11.6 Å². The van der Waals surface area contributed by atoms with E-state index in [4.69, 9.17) is 0 Å². The van der Waals surface area contributed by atoms with Crippen molar-refractivity contribution in [1.82, 2.24) is 16.0 Å². The van der Waals surface area contributed by atoms with Gasteiger partial charge in [-0.25, -0.2) is 8.78 Å². The van der Waals surface area contributed by atoms with Gasteiger partial charge in [-0.1, -0.05) is 18.2 Å². The average molecular weight is 401 g/mol. The summed E-state index contributed by atoms with van der Waals surface area (Å²) in [5.74, 6) is -0.639. The Bertz CT molecular complexity index is 859. The first-order valence-electron chi connectivity index (χ1n) is 9.57. The molecule has 1 saturated heterocycles. The van der Waals surface area contributed by atoms with Crippen LogP contribution in [0.4, 0.5) is 14.5 Å². The van der Waals surface area contributed by atoms with Crippen molar-refractivity contribution in [3.05, 3.63) is 65.7 Å². The predicted octanol–water partition coefficient (Wildman–Crippen LogP) is 2.14. The van der Waals surface area contributed by atoms with Crippen LogP contribution in [0.1, 0.15) is 16.8 Å². The van der Waals surface area contributed by atoms with Crippen LogP contribution in [0.15, 0.2) is 53.5 Å². The van der Waals surface area contributed by atoms with Crippen molar-refractivity contribution in [3.8, 4) is 0 Å². The van der Waals surface area contributed by atoms with Crippen molar-refractivity contribution >= 4 is 17.6 Å². The highest BCUT2D eigenvalue weighted by Crippen LogP contribution is 2.24. The molecule has 0 bridgehead atoms. The quantitative estimate of drug-likeness (QED) is 0.394. The second-order valence-electron chi connectivity index (χ2n) is 6.79. The third-order valence-corrected chi connectivity index (χ3v) is 4.74. The lowest BCUT2D eigenvalue weighted by Crippen LogP contribution is -2.46. The zero-order valence-corrected chi connectivity index (χ0v) is 16.3. The fourth-order valence-corrected chi connectivity index (χ4v) is 3.27. The van der Waals surface area contributed by atoms with E-state index < -0.39 is 11.6 Å². The molecule has 0 spiro atoms. The molecule has 0 radical (unpaired) electrons. The van der Waals surface area contributed by atoms with Crippen LogP contribution >= 0.6 is 0 Å². The molecule has 1 heterocycles. The second-order valence-corrected chi connectivity index (χ2v) is 6.79. The summed E-state index contributed by atoms with van der Waals surface area (Å²) in [5.41, 5.74) is 1.02. The van der Waals surface area contributed by atoms with Gasteiger partial charge in [-0.05, 0) is 30.7 Å². The molecule has 0 aliphatic carbocycles. The number of hydrogen-bond acceptors (Lipinski definition) is 3. The van der Waals surface area contributed by atoms with Crippen LogP contribution in [0.3, 0.4) is 0 Å². The lowest BCUT2D eigenvalue weighted by Gasteiger charge is -2.21. The summed E-state index contributed by atoms with van der Waals surface area (Å²) < 4.78 is 27.1. The van der Waals surface area contributed by atoms with Crippen LogP contribution in [-0.4, -0.2) is 51.1 Å². The normalized spacial score (nSPS) is 16.6. The first kappa shape index (κ1) is 20.6. The van der Waals surface area contributed by atoms with Crippen molar-refractivity contribution < 1.29 is 13.6 Å². The van der Waals surface area contributed by atoms with Crippen LogP contribution in [0.25, 0.3) is 0 Å². The summed E-state index contributed by atoms with van der Waals surface area (Å²) in [6.07, 6.45) is 0.808. The number of amides is 1. The number of benzene rings is 2. The Hall–Kier alpha value is -3.16. The van der Waals surface area contributed by atoms with Gasteiger partial charge >= 0.3 is 0 Å². The molecule has 2 aromatic carbocycles. The number of nitrogens with zero attached hydrogens (tertiary/aromatic N) is 2. The van der Waals surface area contributed by atoms with Crippen LogP contribution in [0.5, 0.6) is 0 Å². The number of carbonyl (C=O) groups is 1. The minimum atomic E-state index is -0.580. The van der Waals surface area contributed by atoms with Gasteiger partial charge in [-0.2, -0.15) is 0 Å². The summed E-state index contributed by atoms with van der Waals surface area (Å²) in [6, 6.07) is 12.8. The molecule has 0 saturated carbocycles. The highest BCUT2D eigenvalue weighted by atomic mass is 19.1. The van der Waals surface area contributed by atoms with E-state index in [2.05, 4.69) is 20.9 Å². The molecule has 1 unspecified atom stereocenters. The number of anilines is 1. The minimum Gasteiger partial charge on any atom is -0.367 e. The van der Waals surface area contributed by atoms with E-state index in [9.17, 15) is 13.6 Å². The minimum absolute atomic E-state index is 0.0876. The molecule has 3 N–H and O–H groups in total. The van der Waals surface area contributed by atoms with Crippen LogP contribution in [0.2, 0.25) is 0 Å². The van der Waals surface area contributed by atoms with Gasteiger partial charge in [0.2, 0.25) is 0 Å². The Morgan fingerprint density at radius 3 is 2.62 bits per heavy atom. The molecular formula is C21H25F2N5O. The fourth-order valence-electron chi connectivity index (χ4n) is 3.27. The molecule has 1 amide bonds. The second kappa shape index (κ2) is 9.86. The van der Waals surface area contributed by atoms with Gasteiger partial charge in [0, 0.05) is 50.9 Å². The topological polar surface area (TPSA) is 68.8 Å². The molecular weight excluding hydrogens is 376 g/mol. The van der Waals surface area contributed by atoms with Crippen LogP contribution < -0.4 is 20.9 Å². The standard InChI is InChI=1S/C21H25F2N5O/c1-24-21(26-11-10-25-20(29)15-5-3-2-4-6-15)27-17-9-12-28(14-17)19-8-7-16(22)13-18(19)23/h2-8,13,17H,9-12,14H2,1H3,(H,25,29)(H2,24,26,27). The summed E-state index contributed by atoms with van der Waals surface area (Å²) >= 11 is 0. The number of carbonyl (C=O) groups excluding carboxylic acids is 1. The van der Waals surface area contributed by atoms with E-state index in [0.717, 1.165) is 12.5 Å². The van der Waals surface area contributed by atoms with Gasteiger partial charge in [-0.15, -0.1) is 0 Å². The Morgan fingerprint density at radius 2 is 1.90 bits per heavy atom. The molecule has 6 nitrogen and oxygen atoms in total. The SMILES string of the molecule is CN=C(NCCNC(=O)c1ccccc1)NC1CCN(c2ccc(F)cc2F)C1. The molecule has 1 fully saturated rings. The Labute approximate surface area is 169 Å². The molecule has 1 aliphatic heterocycles. The van der Waals surface area contributed by atoms with Crippen molar-refractivity contribution in [2.75, 3.05) is 38.1 Å². The molecule has 0 aromatic heterocycles. The van der Waals surface area contributed by atoms with E-state index in [0.29, 0.717) is 43.4 Å². The van der Waals surface area contributed by atoms with Crippen molar-refractivity contribution in [1.29, 1.82) is 0 Å². The van der Waals surface area contributed by atoms with Gasteiger partial charge in [0.05, 0.1) is 5.69 Å².